The molecule has 29 heavy (non-hydrogen) atoms. The number of anilines is 1. The fraction of sp³-hybridized carbons (Fsp3) is 0.250. The molecule has 1 saturated carbocycles. The van der Waals surface area contributed by atoms with Crippen LogP contribution in [0.2, 0.25) is 0 Å². The lowest BCUT2D eigenvalue weighted by Gasteiger charge is -2.12. The number of carbonyl (C=O) groups excluding carboxylic acids is 3. The lowest BCUT2D eigenvalue weighted by Crippen LogP contribution is -2.28. The molecule has 2 aromatic carbocycles. The highest BCUT2D eigenvalue weighted by atomic mass is 32.2. The van der Waals surface area contributed by atoms with E-state index in [1.54, 1.807) is 24.3 Å². The molecule has 9 heteroatoms. The van der Waals surface area contributed by atoms with Crippen molar-refractivity contribution in [3.05, 3.63) is 59.7 Å². The van der Waals surface area contributed by atoms with Gasteiger partial charge in [0.05, 0.1) is 21.7 Å². The van der Waals surface area contributed by atoms with Crippen molar-refractivity contribution in [1.29, 1.82) is 0 Å². The van der Waals surface area contributed by atoms with E-state index < -0.39 is 28.3 Å². The number of nitrogens with one attached hydrogen (secondary N) is 2. The van der Waals surface area contributed by atoms with Gasteiger partial charge in [-0.2, -0.15) is 0 Å². The molecule has 2 amide bonds. The molecule has 0 aliphatic heterocycles. The van der Waals surface area contributed by atoms with E-state index >= 15 is 0 Å². The second-order valence-corrected chi connectivity index (χ2v) is 8.67. The highest BCUT2D eigenvalue weighted by molar-refractivity contribution is 7.90. The lowest BCUT2D eigenvalue weighted by atomic mass is 10.1. The van der Waals surface area contributed by atoms with Gasteiger partial charge in [-0.15, -0.1) is 0 Å². The largest absolute Gasteiger partial charge is 0.452 e. The fourth-order valence-corrected chi connectivity index (χ4v) is 3.51. The molecule has 0 bridgehead atoms. The highest BCUT2D eigenvalue weighted by Gasteiger charge is 2.25. The van der Waals surface area contributed by atoms with Crippen LogP contribution < -0.4 is 10.6 Å². The molecule has 1 fully saturated rings. The number of rotatable bonds is 7. The van der Waals surface area contributed by atoms with Crippen LogP contribution in [0.3, 0.4) is 0 Å². The SMILES string of the molecule is CS(=O)(=O)c1ccccc1C(=O)OCC(=O)Nc1ccccc1C(=O)NC1CC1. The minimum Gasteiger partial charge on any atom is -0.452 e. The van der Waals surface area contributed by atoms with Crippen LogP contribution in [0.5, 0.6) is 0 Å². The Bertz CT molecular complexity index is 1060. The van der Waals surface area contributed by atoms with Crippen molar-refractivity contribution >= 4 is 33.3 Å². The molecule has 0 spiro atoms. The molecule has 2 N–H and O–H groups in total. The molecule has 0 unspecified atom stereocenters. The molecule has 0 radical (unpaired) electrons. The van der Waals surface area contributed by atoms with E-state index in [0.29, 0.717) is 11.3 Å². The van der Waals surface area contributed by atoms with Crippen molar-refractivity contribution in [3.8, 4) is 0 Å². The van der Waals surface area contributed by atoms with Gasteiger partial charge >= 0.3 is 5.97 Å². The van der Waals surface area contributed by atoms with Crippen LogP contribution in [0.4, 0.5) is 5.69 Å². The summed E-state index contributed by atoms with van der Waals surface area (Å²) in [5.74, 6) is -1.87. The zero-order valence-electron chi connectivity index (χ0n) is 15.7. The van der Waals surface area contributed by atoms with Gasteiger partial charge in [0.1, 0.15) is 0 Å². The Morgan fingerprint density at radius 3 is 2.28 bits per heavy atom. The summed E-state index contributed by atoms with van der Waals surface area (Å²) in [6, 6.07) is 12.3. The molecule has 0 aromatic heterocycles. The first-order valence-electron chi connectivity index (χ1n) is 8.91. The molecule has 2 aromatic rings. The molecule has 1 aliphatic carbocycles. The van der Waals surface area contributed by atoms with Crippen LogP contribution in [0.1, 0.15) is 33.6 Å². The first-order valence-corrected chi connectivity index (χ1v) is 10.8. The van der Waals surface area contributed by atoms with Crippen LogP contribution in [-0.2, 0) is 19.4 Å². The van der Waals surface area contributed by atoms with Crippen LogP contribution in [0.25, 0.3) is 0 Å². The number of benzene rings is 2. The normalized spacial score (nSPS) is 13.4. The number of ether oxygens (including phenoxy) is 1. The van der Waals surface area contributed by atoms with Gasteiger partial charge in [-0.3, -0.25) is 9.59 Å². The second-order valence-electron chi connectivity index (χ2n) is 6.69. The average Bonchev–Trinajstić information content (AvgIpc) is 3.50. The van der Waals surface area contributed by atoms with E-state index in [1.165, 1.54) is 24.3 Å². The van der Waals surface area contributed by atoms with E-state index in [4.69, 9.17) is 4.74 Å². The summed E-state index contributed by atoms with van der Waals surface area (Å²) in [5.41, 5.74) is 0.455. The summed E-state index contributed by atoms with van der Waals surface area (Å²) in [6.45, 7) is -0.629. The number of amides is 2. The first-order chi connectivity index (χ1) is 13.8. The first kappa shape index (κ1) is 20.5. The maximum atomic E-state index is 12.3. The molecule has 3 rings (SSSR count). The summed E-state index contributed by atoms with van der Waals surface area (Å²) in [6.07, 6.45) is 2.85. The molecule has 152 valence electrons. The Balaban J connectivity index is 1.64. The number of hydrogen-bond acceptors (Lipinski definition) is 6. The van der Waals surface area contributed by atoms with Crippen LogP contribution in [-0.4, -0.2) is 45.1 Å². The fourth-order valence-electron chi connectivity index (χ4n) is 2.63. The molecule has 1 aliphatic rings. The van der Waals surface area contributed by atoms with Crippen molar-refractivity contribution in [2.75, 3.05) is 18.2 Å². The summed E-state index contributed by atoms with van der Waals surface area (Å²) >= 11 is 0. The third-order valence-corrected chi connectivity index (χ3v) is 5.35. The van der Waals surface area contributed by atoms with E-state index in [2.05, 4.69) is 10.6 Å². The Labute approximate surface area is 168 Å². The monoisotopic (exact) mass is 416 g/mol. The number of carbonyl (C=O) groups is 3. The molecule has 0 atom stereocenters. The summed E-state index contributed by atoms with van der Waals surface area (Å²) in [4.78, 5) is 36.5. The standard InChI is InChI=1S/C20H20N2O6S/c1-29(26,27)17-9-5-3-7-15(17)20(25)28-12-18(23)22-16-8-4-2-6-14(16)19(24)21-13-10-11-13/h2-9,13H,10-12H2,1H3,(H,21,24)(H,22,23). The topological polar surface area (TPSA) is 119 Å². The predicted molar refractivity (Wildman–Crippen MR) is 105 cm³/mol. The molecular formula is C20H20N2O6S. The van der Waals surface area contributed by atoms with E-state index in [0.717, 1.165) is 19.1 Å². The number of hydrogen-bond donors (Lipinski definition) is 2. The highest BCUT2D eigenvalue weighted by Crippen LogP contribution is 2.21. The van der Waals surface area contributed by atoms with Crippen LogP contribution >= 0.6 is 0 Å². The zero-order chi connectivity index (χ0) is 21.0. The Hall–Kier alpha value is -3.20. The number of para-hydroxylation sites is 1. The average molecular weight is 416 g/mol. The van der Waals surface area contributed by atoms with E-state index in [9.17, 15) is 22.8 Å². The molecule has 8 nitrogen and oxygen atoms in total. The van der Waals surface area contributed by atoms with E-state index in [-0.39, 0.29) is 22.4 Å². The van der Waals surface area contributed by atoms with Gasteiger partial charge < -0.3 is 15.4 Å². The van der Waals surface area contributed by atoms with Crippen molar-refractivity contribution < 1.29 is 27.5 Å². The molecule has 0 saturated heterocycles. The maximum Gasteiger partial charge on any atom is 0.339 e. The smallest absolute Gasteiger partial charge is 0.339 e. The summed E-state index contributed by atoms with van der Waals surface area (Å²) < 4.78 is 28.5. The number of sulfone groups is 1. The second kappa shape index (κ2) is 8.44. The maximum absolute atomic E-state index is 12.3. The van der Waals surface area contributed by atoms with Gasteiger partial charge in [0, 0.05) is 12.3 Å². The van der Waals surface area contributed by atoms with Crippen molar-refractivity contribution in [2.24, 2.45) is 0 Å². The van der Waals surface area contributed by atoms with Crippen molar-refractivity contribution in [2.45, 2.75) is 23.8 Å². The van der Waals surface area contributed by atoms with Gasteiger partial charge in [0.25, 0.3) is 11.8 Å². The van der Waals surface area contributed by atoms with Gasteiger partial charge in [0.2, 0.25) is 0 Å². The molecule has 0 heterocycles. The lowest BCUT2D eigenvalue weighted by molar-refractivity contribution is -0.119. The minimum atomic E-state index is -3.63. The Morgan fingerprint density at radius 1 is 1.00 bits per heavy atom. The van der Waals surface area contributed by atoms with Gasteiger partial charge in [0.15, 0.2) is 16.4 Å². The third kappa shape index (κ3) is 5.41. The van der Waals surface area contributed by atoms with E-state index in [1.807, 2.05) is 0 Å². The Morgan fingerprint density at radius 2 is 1.62 bits per heavy atom. The predicted octanol–water partition coefficient (Wildman–Crippen LogP) is 1.78. The van der Waals surface area contributed by atoms with Crippen LogP contribution in [0.15, 0.2) is 53.4 Å². The number of esters is 1. The minimum absolute atomic E-state index is 0.146. The van der Waals surface area contributed by atoms with Gasteiger partial charge in [-0.25, -0.2) is 13.2 Å². The zero-order valence-corrected chi connectivity index (χ0v) is 16.5. The molecular weight excluding hydrogens is 396 g/mol. The summed E-state index contributed by atoms with van der Waals surface area (Å²) in [7, 11) is -3.63. The van der Waals surface area contributed by atoms with Gasteiger partial charge in [-0.1, -0.05) is 24.3 Å². The Kier molecular flexibility index (Phi) is 5.97. The van der Waals surface area contributed by atoms with Crippen molar-refractivity contribution in [3.63, 3.8) is 0 Å². The van der Waals surface area contributed by atoms with Gasteiger partial charge in [-0.05, 0) is 37.1 Å². The van der Waals surface area contributed by atoms with Crippen LogP contribution in [0, 0.1) is 0 Å². The summed E-state index contributed by atoms with van der Waals surface area (Å²) in [5, 5.41) is 5.38. The van der Waals surface area contributed by atoms with Crippen molar-refractivity contribution in [1.82, 2.24) is 5.32 Å². The third-order valence-electron chi connectivity index (χ3n) is 4.20. The quantitative estimate of drug-likeness (QED) is 0.664.